The third kappa shape index (κ3) is 6.49. The number of nitrogens with one attached hydrogen (secondary N) is 2. The largest absolute Gasteiger partial charge is 0.360 e. The van der Waals surface area contributed by atoms with Crippen LogP contribution in [0.5, 0.6) is 0 Å². The third-order valence-corrected chi connectivity index (χ3v) is 5.27. The fourth-order valence-electron chi connectivity index (χ4n) is 3.52. The van der Waals surface area contributed by atoms with Gasteiger partial charge in [0.25, 0.3) is 0 Å². The molecule has 7 nitrogen and oxygen atoms in total. The average molecular weight is 428 g/mol. The second-order valence-corrected chi connectivity index (χ2v) is 7.84. The first-order valence-electron chi connectivity index (χ1n) is 10.7. The summed E-state index contributed by atoms with van der Waals surface area (Å²) in [7, 11) is 1.98. The van der Waals surface area contributed by atoms with Gasteiger partial charge in [0.1, 0.15) is 11.6 Å². The number of H-pyrrole nitrogens is 1. The molecule has 166 valence electrons. The number of aryl methyl sites for hydroxylation is 2. The topological polar surface area (TPSA) is 87.1 Å². The first kappa shape index (κ1) is 22.7. The molecule has 3 aromatic rings. The second kappa shape index (κ2) is 10.9. The Morgan fingerprint density at radius 1 is 1.26 bits per heavy atom. The van der Waals surface area contributed by atoms with Crippen molar-refractivity contribution in [1.82, 2.24) is 20.3 Å². The number of rotatable bonds is 11. The number of aromatic amines is 1. The Kier molecular flexibility index (Phi) is 7.94. The number of carbonyl (C=O) groups excluding carboxylic acids is 1. The highest BCUT2D eigenvalue weighted by Gasteiger charge is 2.23. The molecule has 0 aliphatic heterocycles. The van der Waals surface area contributed by atoms with Gasteiger partial charge >= 0.3 is 0 Å². The van der Waals surface area contributed by atoms with Gasteiger partial charge in [-0.05, 0) is 70.1 Å². The zero-order valence-corrected chi connectivity index (χ0v) is 18.3. The van der Waals surface area contributed by atoms with E-state index in [0.717, 1.165) is 55.6 Å². The number of unbranched alkanes of at least 4 members (excludes halogenated alkanes) is 1. The van der Waals surface area contributed by atoms with E-state index in [-0.39, 0.29) is 17.8 Å². The van der Waals surface area contributed by atoms with Crippen molar-refractivity contribution in [2.75, 3.05) is 18.9 Å². The maximum absolute atomic E-state index is 13.1. The van der Waals surface area contributed by atoms with Gasteiger partial charge in [0.15, 0.2) is 5.82 Å². The van der Waals surface area contributed by atoms with Crippen molar-refractivity contribution in [3.8, 4) is 11.3 Å². The van der Waals surface area contributed by atoms with Gasteiger partial charge in [0.05, 0.1) is 11.7 Å². The molecule has 3 rings (SSSR count). The quantitative estimate of drug-likeness (QED) is 0.468. The first-order valence-corrected chi connectivity index (χ1v) is 10.7. The Labute approximate surface area is 182 Å². The van der Waals surface area contributed by atoms with Crippen LogP contribution in [0.25, 0.3) is 11.3 Å². The van der Waals surface area contributed by atoms with Gasteiger partial charge in [-0.25, -0.2) is 4.39 Å². The van der Waals surface area contributed by atoms with Crippen LogP contribution in [0.2, 0.25) is 0 Å². The molecule has 0 bridgehead atoms. The number of anilines is 1. The smallest absolute Gasteiger partial charge is 0.242 e. The lowest BCUT2D eigenvalue weighted by atomic mass is 10.1. The Hall–Kier alpha value is -3.00. The molecule has 2 heterocycles. The summed E-state index contributed by atoms with van der Waals surface area (Å²) in [5.41, 5.74) is 2.69. The number of amides is 1. The van der Waals surface area contributed by atoms with Gasteiger partial charge in [-0.2, -0.15) is 5.10 Å². The van der Waals surface area contributed by atoms with E-state index in [1.54, 1.807) is 25.1 Å². The number of likely N-dealkylation sites (N-methyl/N-ethyl adjacent to an activating group) is 1. The van der Waals surface area contributed by atoms with Crippen LogP contribution < -0.4 is 5.32 Å². The Bertz CT molecular complexity index is 967. The minimum Gasteiger partial charge on any atom is -0.360 e. The molecule has 0 saturated heterocycles. The number of aromatic nitrogens is 3. The number of hydrogen-bond donors (Lipinski definition) is 2. The number of benzene rings is 1. The summed E-state index contributed by atoms with van der Waals surface area (Å²) in [6.45, 7) is 4.68. The van der Waals surface area contributed by atoms with Crippen LogP contribution in [0, 0.1) is 12.7 Å². The predicted molar refractivity (Wildman–Crippen MR) is 118 cm³/mol. The van der Waals surface area contributed by atoms with Gasteiger partial charge in [-0.3, -0.25) is 14.8 Å². The lowest BCUT2D eigenvalue weighted by Gasteiger charge is -2.26. The monoisotopic (exact) mass is 427 g/mol. The van der Waals surface area contributed by atoms with Gasteiger partial charge in [0.2, 0.25) is 5.91 Å². The SMILES string of the molecule is CCCCC(C(=O)Nc1cc(C)on1)N(C)CCCc1cc(-c2ccc(F)cc2)n[nH]1. The normalized spacial score (nSPS) is 12.3. The standard InChI is InChI=1S/C23H30FN5O2/c1-4-5-8-21(23(30)25-22-14-16(2)31-28-22)29(3)13-6-7-19-15-20(27-26-19)17-9-11-18(24)12-10-17/h9-12,14-15,21H,4-8,13H2,1-3H3,(H,26,27)(H,25,28,30). The van der Waals surface area contributed by atoms with Gasteiger partial charge in [-0.15, -0.1) is 0 Å². The van der Waals surface area contributed by atoms with E-state index in [1.807, 2.05) is 13.1 Å². The van der Waals surface area contributed by atoms with Gasteiger partial charge < -0.3 is 9.84 Å². The molecule has 0 spiro atoms. The molecule has 2 N–H and O–H groups in total. The molecule has 1 unspecified atom stereocenters. The highest BCUT2D eigenvalue weighted by Crippen LogP contribution is 2.19. The minimum absolute atomic E-state index is 0.0654. The van der Waals surface area contributed by atoms with Crippen LogP contribution >= 0.6 is 0 Å². The van der Waals surface area contributed by atoms with Crippen molar-refractivity contribution in [2.45, 2.75) is 52.0 Å². The summed E-state index contributed by atoms with van der Waals surface area (Å²) in [6.07, 6.45) is 4.47. The van der Waals surface area contributed by atoms with E-state index in [0.29, 0.717) is 11.6 Å². The van der Waals surface area contributed by atoms with Crippen molar-refractivity contribution in [3.63, 3.8) is 0 Å². The molecule has 1 amide bonds. The van der Waals surface area contributed by atoms with Crippen LogP contribution in [-0.4, -0.2) is 45.8 Å². The van der Waals surface area contributed by atoms with Crippen molar-refractivity contribution in [1.29, 1.82) is 0 Å². The van der Waals surface area contributed by atoms with Gasteiger partial charge in [0, 0.05) is 17.3 Å². The van der Waals surface area contributed by atoms with Crippen LogP contribution in [0.1, 0.15) is 44.1 Å². The summed E-state index contributed by atoms with van der Waals surface area (Å²) in [4.78, 5) is 14.9. The molecule has 0 aliphatic rings. The molecule has 2 aromatic heterocycles. The molecular weight excluding hydrogens is 397 g/mol. The lowest BCUT2D eigenvalue weighted by molar-refractivity contribution is -0.121. The van der Waals surface area contributed by atoms with E-state index in [4.69, 9.17) is 4.52 Å². The summed E-state index contributed by atoms with van der Waals surface area (Å²) in [5.74, 6) is 0.781. The summed E-state index contributed by atoms with van der Waals surface area (Å²) >= 11 is 0. The van der Waals surface area contributed by atoms with E-state index < -0.39 is 0 Å². The predicted octanol–water partition coefficient (Wildman–Crippen LogP) is 4.57. The second-order valence-electron chi connectivity index (χ2n) is 7.84. The summed E-state index contributed by atoms with van der Waals surface area (Å²) < 4.78 is 18.1. The highest BCUT2D eigenvalue weighted by atomic mass is 19.1. The molecule has 0 fully saturated rings. The molecule has 0 aliphatic carbocycles. The van der Waals surface area contributed by atoms with Crippen molar-refractivity contribution in [3.05, 3.63) is 53.7 Å². The number of carbonyl (C=O) groups is 1. The number of hydrogen-bond acceptors (Lipinski definition) is 5. The summed E-state index contributed by atoms with van der Waals surface area (Å²) in [6, 6.07) is 9.77. The Morgan fingerprint density at radius 2 is 2.03 bits per heavy atom. The molecule has 1 aromatic carbocycles. The third-order valence-electron chi connectivity index (χ3n) is 5.27. The van der Waals surface area contributed by atoms with Crippen LogP contribution in [-0.2, 0) is 11.2 Å². The molecule has 0 saturated carbocycles. The average Bonchev–Trinajstić information content (AvgIpc) is 3.38. The zero-order chi connectivity index (χ0) is 22.2. The van der Waals surface area contributed by atoms with Crippen molar-refractivity contribution in [2.24, 2.45) is 0 Å². The minimum atomic E-state index is -0.261. The van der Waals surface area contributed by atoms with E-state index >= 15 is 0 Å². The Morgan fingerprint density at radius 3 is 2.71 bits per heavy atom. The maximum Gasteiger partial charge on any atom is 0.242 e. The van der Waals surface area contributed by atoms with Crippen LogP contribution in [0.15, 0.2) is 40.9 Å². The van der Waals surface area contributed by atoms with Crippen molar-refractivity contribution >= 4 is 11.7 Å². The number of halogens is 1. The fraction of sp³-hybridized carbons (Fsp3) is 0.435. The van der Waals surface area contributed by atoms with E-state index in [9.17, 15) is 9.18 Å². The Balaban J connectivity index is 1.53. The first-order chi connectivity index (χ1) is 15.0. The lowest BCUT2D eigenvalue weighted by Crippen LogP contribution is -2.42. The van der Waals surface area contributed by atoms with Crippen LogP contribution in [0.4, 0.5) is 10.2 Å². The van der Waals surface area contributed by atoms with E-state index in [1.165, 1.54) is 12.1 Å². The maximum atomic E-state index is 13.1. The van der Waals surface area contributed by atoms with Crippen molar-refractivity contribution < 1.29 is 13.7 Å². The molecule has 1 atom stereocenters. The molecular formula is C23H30FN5O2. The zero-order valence-electron chi connectivity index (χ0n) is 18.3. The van der Waals surface area contributed by atoms with E-state index in [2.05, 4.69) is 32.5 Å². The highest BCUT2D eigenvalue weighted by molar-refractivity contribution is 5.93. The fourth-order valence-corrected chi connectivity index (χ4v) is 3.52. The molecule has 0 radical (unpaired) electrons. The van der Waals surface area contributed by atoms with Crippen LogP contribution in [0.3, 0.4) is 0 Å². The van der Waals surface area contributed by atoms with Gasteiger partial charge in [-0.1, -0.05) is 24.9 Å². The molecule has 31 heavy (non-hydrogen) atoms. The summed E-state index contributed by atoms with van der Waals surface area (Å²) in [5, 5.41) is 14.1. The number of nitrogens with zero attached hydrogens (tertiary/aromatic N) is 3. The molecule has 8 heteroatoms.